The van der Waals surface area contributed by atoms with Crippen molar-refractivity contribution < 1.29 is 41.0 Å². The summed E-state index contributed by atoms with van der Waals surface area (Å²) in [7, 11) is 0. The molecule has 34 heavy (non-hydrogen) atoms. The standard InChI is InChI=1S/C21H21F3N2O.C2HF3O2/c22-16-8-9-26(11-19(16)25)21(27)15-10-14(15)12-4-1-2-5-13(12)20-17(23)6-3-7-18(20)24;3-2(4,5)1(6)7/h1-7,14-16,19H,8-11,25H2;(H,6,7)/t14-,15+,16+,19-;/m1./s1. The van der Waals surface area contributed by atoms with Gasteiger partial charge in [-0.3, -0.25) is 4.79 Å². The third-order valence-corrected chi connectivity index (χ3v) is 5.82. The SMILES string of the molecule is N[C@@H]1CN(C(=O)[C@H]2C[C@@H]2c2ccccc2-c2c(F)cccc2F)CC[C@@H]1F.O=C(O)C(F)(F)F. The normalized spacial score (nSPS) is 24.1. The number of carboxylic acid groups (broad SMARTS) is 1. The van der Waals surface area contributed by atoms with Crippen molar-refractivity contribution in [1.29, 1.82) is 0 Å². The fourth-order valence-corrected chi connectivity index (χ4v) is 4.00. The number of likely N-dealkylation sites (tertiary alicyclic amines) is 1. The van der Waals surface area contributed by atoms with Crippen molar-refractivity contribution in [2.75, 3.05) is 13.1 Å². The van der Waals surface area contributed by atoms with Crippen LogP contribution in [0.3, 0.4) is 0 Å². The molecule has 2 aromatic carbocycles. The number of nitrogens with two attached hydrogens (primary N) is 1. The molecular formula is C23H22F6N2O3. The van der Waals surface area contributed by atoms with Crippen molar-refractivity contribution in [1.82, 2.24) is 4.90 Å². The number of carboxylic acids is 1. The fraction of sp³-hybridized carbons (Fsp3) is 0.391. The summed E-state index contributed by atoms with van der Waals surface area (Å²) >= 11 is 0. The molecule has 1 aliphatic carbocycles. The summed E-state index contributed by atoms with van der Waals surface area (Å²) in [5.74, 6) is -4.39. The molecule has 0 bridgehead atoms. The number of benzene rings is 2. The van der Waals surface area contributed by atoms with E-state index in [9.17, 15) is 31.1 Å². The molecule has 1 aliphatic heterocycles. The molecule has 1 heterocycles. The lowest BCUT2D eigenvalue weighted by Gasteiger charge is -2.33. The Bertz CT molecular complexity index is 1040. The predicted octanol–water partition coefficient (Wildman–Crippen LogP) is 4.27. The lowest BCUT2D eigenvalue weighted by Crippen LogP contribution is -2.52. The number of hydrogen-bond donors (Lipinski definition) is 2. The molecule has 184 valence electrons. The molecule has 2 aromatic rings. The number of piperidine rings is 1. The van der Waals surface area contributed by atoms with Crippen LogP contribution in [0.25, 0.3) is 11.1 Å². The Balaban J connectivity index is 0.000000406. The molecule has 11 heteroatoms. The van der Waals surface area contributed by atoms with Gasteiger partial charge in [0.25, 0.3) is 0 Å². The van der Waals surface area contributed by atoms with Crippen molar-refractivity contribution >= 4 is 11.9 Å². The molecule has 5 nitrogen and oxygen atoms in total. The first-order valence-corrected chi connectivity index (χ1v) is 10.4. The molecule has 1 saturated carbocycles. The van der Waals surface area contributed by atoms with Gasteiger partial charge >= 0.3 is 12.1 Å². The maximum atomic E-state index is 14.3. The Morgan fingerprint density at radius 2 is 1.62 bits per heavy atom. The van der Waals surface area contributed by atoms with Crippen LogP contribution in [0.1, 0.15) is 24.3 Å². The first-order valence-electron chi connectivity index (χ1n) is 10.4. The van der Waals surface area contributed by atoms with E-state index in [-0.39, 0.29) is 36.3 Å². The Labute approximate surface area is 191 Å². The number of halogens is 6. The van der Waals surface area contributed by atoms with E-state index in [0.717, 1.165) is 5.56 Å². The van der Waals surface area contributed by atoms with Crippen molar-refractivity contribution in [2.45, 2.75) is 37.1 Å². The molecule has 3 N–H and O–H groups in total. The lowest BCUT2D eigenvalue weighted by atomic mass is 9.95. The zero-order chi connectivity index (χ0) is 25.2. The maximum absolute atomic E-state index is 14.3. The Morgan fingerprint density at radius 3 is 2.18 bits per heavy atom. The quantitative estimate of drug-likeness (QED) is 0.633. The Morgan fingerprint density at radius 1 is 1.03 bits per heavy atom. The molecule has 2 fully saturated rings. The highest BCUT2D eigenvalue weighted by atomic mass is 19.4. The molecule has 0 radical (unpaired) electrons. The number of aliphatic carboxylic acids is 1. The summed E-state index contributed by atoms with van der Waals surface area (Å²) < 4.78 is 73.8. The molecule has 0 aromatic heterocycles. The minimum atomic E-state index is -5.08. The molecule has 4 atom stereocenters. The summed E-state index contributed by atoms with van der Waals surface area (Å²) in [6, 6.07) is 10.2. The van der Waals surface area contributed by atoms with E-state index < -0.39 is 36.0 Å². The summed E-state index contributed by atoms with van der Waals surface area (Å²) in [6.07, 6.45) is -5.29. The van der Waals surface area contributed by atoms with Crippen LogP contribution in [0.5, 0.6) is 0 Å². The first kappa shape index (κ1) is 25.5. The number of hydrogen-bond acceptors (Lipinski definition) is 3. The topological polar surface area (TPSA) is 83.6 Å². The van der Waals surface area contributed by atoms with Gasteiger partial charge in [-0.05, 0) is 42.0 Å². The molecule has 1 saturated heterocycles. The number of nitrogens with zero attached hydrogens (tertiary/aromatic N) is 1. The highest BCUT2D eigenvalue weighted by Gasteiger charge is 2.47. The van der Waals surface area contributed by atoms with Crippen molar-refractivity contribution in [3.8, 4) is 11.1 Å². The van der Waals surface area contributed by atoms with Gasteiger partial charge in [0.2, 0.25) is 5.91 Å². The van der Waals surface area contributed by atoms with Gasteiger partial charge in [-0.15, -0.1) is 0 Å². The van der Waals surface area contributed by atoms with E-state index in [1.54, 1.807) is 17.0 Å². The van der Waals surface area contributed by atoms with Gasteiger partial charge in [0.05, 0.1) is 11.6 Å². The number of alkyl halides is 4. The van der Waals surface area contributed by atoms with Crippen LogP contribution >= 0.6 is 0 Å². The molecule has 1 amide bonds. The van der Waals surface area contributed by atoms with Crippen LogP contribution in [0, 0.1) is 17.6 Å². The number of carbonyl (C=O) groups is 2. The fourth-order valence-electron chi connectivity index (χ4n) is 4.00. The van der Waals surface area contributed by atoms with E-state index in [2.05, 4.69) is 0 Å². The van der Waals surface area contributed by atoms with Crippen molar-refractivity contribution in [3.05, 3.63) is 59.7 Å². The smallest absolute Gasteiger partial charge is 0.475 e. The Hall–Kier alpha value is -3.08. The summed E-state index contributed by atoms with van der Waals surface area (Å²) in [5.41, 5.74) is 6.94. The predicted molar refractivity (Wildman–Crippen MR) is 110 cm³/mol. The summed E-state index contributed by atoms with van der Waals surface area (Å²) in [6.45, 7) is 0.577. The Kier molecular flexibility index (Phi) is 7.54. The monoisotopic (exact) mass is 488 g/mol. The minimum absolute atomic E-state index is 0.0499. The van der Waals surface area contributed by atoms with Crippen LogP contribution in [-0.4, -0.2) is 53.4 Å². The number of amides is 1. The van der Waals surface area contributed by atoms with Gasteiger partial charge in [-0.25, -0.2) is 18.0 Å². The lowest BCUT2D eigenvalue weighted by molar-refractivity contribution is -0.192. The van der Waals surface area contributed by atoms with Gasteiger partial charge in [-0.2, -0.15) is 13.2 Å². The van der Waals surface area contributed by atoms with Crippen molar-refractivity contribution in [2.24, 2.45) is 11.7 Å². The summed E-state index contributed by atoms with van der Waals surface area (Å²) in [4.78, 5) is 23.3. The van der Waals surface area contributed by atoms with Crippen LogP contribution in [-0.2, 0) is 9.59 Å². The second kappa shape index (κ2) is 10.0. The van der Waals surface area contributed by atoms with Crippen LogP contribution in [0.4, 0.5) is 26.3 Å². The van der Waals surface area contributed by atoms with Gasteiger partial charge in [0, 0.05) is 19.0 Å². The average Bonchev–Trinajstić information content (AvgIpc) is 3.56. The second-order valence-electron chi connectivity index (χ2n) is 8.19. The third-order valence-electron chi connectivity index (χ3n) is 5.82. The van der Waals surface area contributed by atoms with E-state index in [4.69, 9.17) is 15.6 Å². The zero-order valence-corrected chi connectivity index (χ0v) is 17.7. The van der Waals surface area contributed by atoms with E-state index >= 15 is 0 Å². The van der Waals surface area contributed by atoms with Crippen LogP contribution < -0.4 is 5.73 Å². The highest BCUT2D eigenvalue weighted by molar-refractivity contribution is 5.84. The average molecular weight is 488 g/mol. The first-order chi connectivity index (χ1) is 15.9. The van der Waals surface area contributed by atoms with Gasteiger partial charge in [0.1, 0.15) is 17.8 Å². The third kappa shape index (κ3) is 5.69. The number of rotatable bonds is 3. The molecule has 0 spiro atoms. The van der Waals surface area contributed by atoms with Gasteiger partial charge in [-0.1, -0.05) is 30.3 Å². The second-order valence-corrected chi connectivity index (χ2v) is 8.19. The van der Waals surface area contributed by atoms with Gasteiger partial charge < -0.3 is 15.7 Å². The minimum Gasteiger partial charge on any atom is -0.475 e. The van der Waals surface area contributed by atoms with Gasteiger partial charge in [0.15, 0.2) is 0 Å². The largest absolute Gasteiger partial charge is 0.490 e. The zero-order valence-electron chi connectivity index (χ0n) is 17.7. The molecule has 4 rings (SSSR count). The van der Waals surface area contributed by atoms with E-state index in [1.165, 1.54) is 18.2 Å². The summed E-state index contributed by atoms with van der Waals surface area (Å²) in [5, 5.41) is 7.12. The number of carbonyl (C=O) groups excluding carboxylic acids is 1. The maximum Gasteiger partial charge on any atom is 0.490 e. The van der Waals surface area contributed by atoms with Crippen molar-refractivity contribution in [3.63, 3.8) is 0 Å². The highest BCUT2D eigenvalue weighted by Crippen LogP contribution is 2.51. The molecular weight excluding hydrogens is 466 g/mol. The molecule has 2 aliphatic rings. The van der Waals surface area contributed by atoms with Crippen LogP contribution in [0.2, 0.25) is 0 Å². The van der Waals surface area contributed by atoms with E-state index in [1.807, 2.05) is 12.1 Å². The van der Waals surface area contributed by atoms with E-state index in [0.29, 0.717) is 18.5 Å². The molecule has 0 unspecified atom stereocenters. The van der Waals surface area contributed by atoms with Crippen LogP contribution in [0.15, 0.2) is 42.5 Å².